The van der Waals surface area contributed by atoms with Gasteiger partial charge in [0.2, 0.25) is 0 Å². The molecule has 0 aliphatic heterocycles. The zero-order chi connectivity index (χ0) is 104. The van der Waals surface area contributed by atoms with Gasteiger partial charge in [-0.05, 0) is 395 Å². The standard InChI is InChI=1S/2C8H16.C7H13Br.2C7H15N.2C7H14O.2C6H13NO.7C6H13N.4C2H6.CH3Br.2CH4O/c1-3-8-5-4-7(2)6-8;1-3-8-6-4-5-7(8)2;1-2-6-3-4-7(8)5-6;1-6-2-3-7(4-6)5-8;1-6-3-2-4-7(6)5-8;1-2-6-3-4-7(8)5-6;1-2-6-4-3-5-7(6)8;7-4-5-1-2-6(8)3-5;7-4-5-2-1-3-6(5)8;7*7-5-6-3-1-2-4-6;7*1-2/h2*7-8H,3-6H2,1-2H3;6-7H,2-5H2,1H3;2*6-7H,2-5,8H2,1H3;2*6-8H,2-5H2,1H3;2*5-6,8H,1-4,7H2;7*6H,1-5,7H2;4*1-2H3;1H3;2*2H,1H3. The van der Waals surface area contributed by atoms with Crippen molar-refractivity contribution in [2.75, 3.05) is 92.0 Å². The van der Waals surface area contributed by atoms with Gasteiger partial charge in [-0.3, -0.25) is 0 Å². The van der Waals surface area contributed by atoms with E-state index in [4.69, 9.17) is 88.6 Å². The SMILES string of the molecule is CBr.CC.CC.CC.CC.CC1CCC(CN)C1.CC1CCCC1CN.CCC1CCC(Br)C1.CCC1CCC(C)C1.CCC1CCC(O)C1.CCC1CCCC1C.CCC1CCCC1O.CO.CO.NCC1CCC(O)C1.NCC1CCCC1.NCC1CCCC1.NCC1CCCC1.NCC1CCCC1.NCC1CCCC1.NCC1CCCC1.NCC1CCCC1.NCC1CCCC1O. The third-order valence-corrected chi connectivity index (χ3v) is 33.0. The van der Waals surface area contributed by atoms with Gasteiger partial charge >= 0.3 is 0 Å². The molecule has 16 aliphatic carbocycles. The van der Waals surface area contributed by atoms with Crippen LogP contribution in [0.4, 0.5) is 0 Å². The Bertz CT molecular complexity index is 1810. The summed E-state index contributed by atoms with van der Waals surface area (Å²) in [6.45, 7) is 46.3. The lowest BCUT2D eigenvalue weighted by atomic mass is 9.96. The molecule has 0 spiro atoms. The number of hydrogen-bond acceptors (Lipinski definition) is 17. The molecule has 0 aromatic carbocycles. The summed E-state index contributed by atoms with van der Waals surface area (Å²) < 4.78 is 0. The van der Waals surface area contributed by atoms with Crippen molar-refractivity contribution < 1.29 is 30.6 Å². The molecule has 135 heavy (non-hydrogen) atoms. The first-order valence-electron chi connectivity index (χ1n) is 58.9. The van der Waals surface area contributed by atoms with Gasteiger partial charge in [-0.25, -0.2) is 0 Å². The van der Waals surface area contributed by atoms with Gasteiger partial charge in [0, 0.05) is 19.0 Å². The van der Waals surface area contributed by atoms with Crippen LogP contribution in [0.5, 0.6) is 0 Å². The highest BCUT2D eigenvalue weighted by Gasteiger charge is 2.28. The van der Waals surface area contributed by atoms with Gasteiger partial charge in [0.15, 0.2) is 0 Å². The van der Waals surface area contributed by atoms with Gasteiger partial charge in [-0.15, -0.1) is 0 Å². The van der Waals surface area contributed by atoms with Crippen LogP contribution in [0, 0.1) is 118 Å². The van der Waals surface area contributed by atoms with Gasteiger partial charge in [0.25, 0.3) is 0 Å². The smallest absolute Gasteiger partial charge is 0.0580 e. The normalized spacial score (nSPS) is 29.3. The third kappa shape index (κ3) is 85.0. The van der Waals surface area contributed by atoms with Crippen molar-refractivity contribution >= 4 is 31.9 Å². The van der Waals surface area contributed by atoms with E-state index in [0.717, 1.165) is 249 Å². The second kappa shape index (κ2) is 111. The molecule has 0 amide bonds. The van der Waals surface area contributed by atoms with Crippen LogP contribution in [0.1, 0.15) is 503 Å². The molecule has 0 bridgehead atoms. The van der Waals surface area contributed by atoms with E-state index in [9.17, 15) is 5.11 Å². The van der Waals surface area contributed by atoms with Crippen LogP contribution in [-0.4, -0.2) is 152 Å². The summed E-state index contributed by atoms with van der Waals surface area (Å²) in [7, 11) is 2.00. The summed E-state index contributed by atoms with van der Waals surface area (Å²) in [4.78, 5) is 0.840. The van der Waals surface area contributed by atoms with E-state index in [-0.39, 0.29) is 24.4 Å². The number of nitrogens with two attached hydrogens (primary N) is 11. The minimum absolute atomic E-state index is 0.0277. The second-order valence-electron chi connectivity index (χ2n) is 42.1. The average Bonchev–Trinajstić information content (AvgIpc) is 1.68. The molecule has 28 N–H and O–H groups in total. The molecule has 0 aromatic rings. The number of alkyl halides is 2. The van der Waals surface area contributed by atoms with Crippen molar-refractivity contribution in [3.63, 3.8) is 0 Å². The van der Waals surface area contributed by atoms with Crippen LogP contribution >= 0.6 is 31.9 Å². The predicted molar refractivity (Wildman–Crippen MR) is 611 cm³/mol. The fourth-order valence-corrected chi connectivity index (χ4v) is 23.0. The van der Waals surface area contributed by atoms with Gasteiger partial charge in [-0.2, -0.15) is 0 Å². The van der Waals surface area contributed by atoms with Crippen LogP contribution in [-0.2, 0) is 0 Å². The molecule has 16 aliphatic rings. The largest absolute Gasteiger partial charge is 0.400 e. The Kier molecular flexibility index (Phi) is 122. The Labute approximate surface area is 862 Å². The maximum Gasteiger partial charge on any atom is 0.0580 e. The average molecular weight is 2060 g/mol. The Morgan fingerprint density at radius 3 is 0.533 bits per heavy atom. The molecule has 17 nitrogen and oxygen atoms in total. The summed E-state index contributed by atoms with van der Waals surface area (Å²) >= 11 is 6.56. The lowest BCUT2D eigenvalue weighted by Crippen LogP contribution is -2.21. The molecule has 19 heteroatoms. The Morgan fingerprint density at radius 2 is 0.415 bits per heavy atom. The summed E-state index contributed by atoms with van der Waals surface area (Å²) in [6.07, 6.45) is 80.4. The summed E-state index contributed by atoms with van der Waals surface area (Å²) in [6, 6.07) is 0. The van der Waals surface area contributed by atoms with Crippen LogP contribution in [0.3, 0.4) is 0 Å². The molecule has 16 fully saturated rings. The Morgan fingerprint density at radius 1 is 0.200 bits per heavy atom. The lowest BCUT2D eigenvalue weighted by molar-refractivity contribution is 0.130. The van der Waals surface area contributed by atoms with Crippen molar-refractivity contribution in [1.29, 1.82) is 0 Å². The first kappa shape index (κ1) is 148. The highest BCUT2D eigenvalue weighted by atomic mass is 79.9. The van der Waals surface area contributed by atoms with Crippen LogP contribution in [0.2, 0.25) is 0 Å². The fourth-order valence-electron chi connectivity index (χ4n) is 22.2. The maximum atomic E-state index is 9.19. The summed E-state index contributed by atoms with van der Waals surface area (Å²) in [5.74, 6) is 19.1. The third-order valence-electron chi connectivity index (χ3n) is 32.1. The topological polar surface area (TPSA) is 408 Å². The fraction of sp³-hybridized carbons (Fsp3) is 1.00. The summed E-state index contributed by atoms with van der Waals surface area (Å²) in [5.41, 5.74) is 59.8. The minimum atomic E-state index is -0.0972. The summed E-state index contributed by atoms with van der Waals surface area (Å²) in [5, 5.41) is 50.3. The first-order chi connectivity index (χ1) is 65.5. The minimum Gasteiger partial charge on any atom is -0.400 e. The molecular formula is C116H255Br2N11O6. The van der Waals surface area contributed by atoms with Crippen molar-refractivity contribution in [2.45, 2.75) is 532 Å². The van der Waals surface area contributed by atoms with E-state index in [1.807, 2.05) is 61.2 Å². The van der Waals surface area contributed by atoms with E-state index >= 15 is 0 Å². The molecule has 0 aromatic heterocycles. The van der Waals surface area contributed by atoms with Gasteiger partial charge < -0.3 is 93.7 Å². The zero-order valence-corrected chi connectivity index (χ0v) is 97.6. The van der Waals surface area contributed by atoms with Gasteiger partial charge in [-0.1, -0.05) is 336 Å². The monoisotopic (exact) mass is 2060 g/mol. The molecule has 18 atom stereocenters. The van der Waals surface area contributed by atoms with Crippen molar-refractivity contribution in [3.05, 3.63) is 0 Å². The molecule has 0 radical (unpaired) electrons. The maximum absolute atomic E-state index is 9.19. The van der Waals surface area contributed by atoms with Crippen molar-refractivity contribution in [3.8, 4) is 0 Å². The number of hydrogen-bond donors (Lipinski definition) is 17. The van der Waals surface area contributed by atoms with Gasteiger partial charge in [0.05, 0.1) is 24.4 Å². The van der Waals surface area contributed by atoms with E-state index in [0.29, 0.717) is 24.3 Å². The van der Waals surface area contributed by atoms with E-state index < -0.39 is 0 Å². The predicted octanol–water partition coefficient (Wildman–Crippen LogP) is 27.0. The van der Waals surface area contributed by atoms with Crippen LogP contribution in [0.25, 0.3) is 0 Å². The molecule has 824 valence electrons. The van der Waals surface area contributed by atoms with E-state index in [2.05, 4.69) is 94.2 Å². The van der Waals surface area contributed by atoms with Crippen LogP contribution < -0.4 is 63.1 Å². The molecule has 16 saturated carbocycles. The number of aliphatic hydroxyl groups is 6. The quantitative estimate of drug-likeness (QED) is 0.0638. The highest BCUT2D eigenvalue weighted by molar-refractivity contribution is 9.09. The number of halogens is 2. The van der Waals surface area contributed by atoms with E-state index in [1.165, 1.54) is 321 Å². The number of rotatable bonds is 16. The highest BCUT2D eigenvalue weighted by Crippen LogP contribution is 2.37. The number of aliphatic hydroxyl groups excluding tert-OH is 6. The second-order valence-corrected chi connectivity index (χ2v) is 43.3. The van der Waals surface area contributed by atoms with Crippen molar-refractivity contribution in [1.82, 2.24) is 0 Å². The lowest BCUT2D eigenvalue weighted by Gasteiger charge is -2.10. The van der Waals surface area contributed by atoms with Crippen LogP contribution in [0.15, 0.2) is 0 Å². The Hall–Kier alpha value is 0.280. The zero-order valence-electron chi connectivity index (χ0n) is 94.4. The molecule has 0 heterocycles. The van der Waals surface area contributed by atoms with Crippen molar-refractivity contribution in [2.24, 2.45) is 181 Å². The van der Waals surface area contributed by atoms with E-state index in [1.54, 1.807) is 0 Å². The first-order valence-corrected chi connectivity index (χ1v) is 61.4. The van der Waals surface area contributed by atoms with Gasteiger partial charge in [0.1, 0.15) is 0 Å². The molecule has 0 saturated heterocycles. The molecule has 18 unspecified atom stereocenters. The Balaban J connectivity index is -0.000000257. The molecule has 16 rings (SSSR count). The molecular weight excluding hydrogens is 1800 g/mol.